The molecule has 32 heavy (non-hydrogen) atoms. The van der Waals surface area contributed by atoms with Crippen molar-refractivity contribution >= 4 is 33.8 Å². The highest BCUT2D eigenvalue weighted by Crippen LogP contribution is 2.38. The zero-order valence-electron chi connectivity index (χ0n) is 17.8. The van der Waals surface area contributed by atoms with E-state index in [2.05, 4.69) is 15.9 Å². The zero-order valence-corrected chi connectivity index (χ0v) is 19.3. The Balaban J connectivity index is 1.69. The zero-order chi connectivity index (χ0) is 23.1. The first-order valence-corrected chi connectivity index (χ1v) is 10.3. The Labute approximate surface area is 194 Å². The third kappa shape index (κ3) is 5.56. The second kappa shape index (κ2) is 10.6. The molecule has 0 N–H and O–H groups in total. The van der Waals surface area contributed by atoms with E-state index in [1.165, 1.54) is 39.5 Å². The lowest BCUT2D eigenvalue weighted by atomic mass is 10.1. The summed E-state index contributed by atoms with van der Waals surface area (Å²) in [6, 6.07) is 17.0. The lowest BCUT2D eigenvalue weighted by Crippen LogP contribution is -2.09. The Hall–Kier alpha value is -3.58. The van der Waals surface area contributed by atoms with Crippen molar-refractivity contribution in [2.24, 2.45) is 0 Å². The van der Waals surface area contributed by atoms with E-state index in [0.29, 0.717) is 28.6 Å². The largest absolute Gasteiger partial charge is 0.493 e. The van der Waals surface area contributed by atoms with Gasteiger partial charge >= 0.3 is 5.97 Å². The van der Waals surface area contributed by atoms with Crippen LogP contribution in [0.1, 0.15) is 26.3 Å². The van der Waals surface area contributed by atoms with Crippen LogP contribution in [0.15, 0.2) is 71.2 Å². The van der Waals surface area contributed by atoms with Gasteiger partial charge in [-0.15, -0.1) is 0 Å². The standard InChI is InChI=1S/C25H21BrO6/c1-29-22-14-18(15-23(30-2)24(22)31-3)25(28)32-20-11-4-16(5-12-20)6-13-21(27)17-7-9-19(26)10-8-17/h4-15H,1-3H3. The van der Waals surface area contributed by atoms with E-state index in [4.69, 9.17) is 18.9 Å². The van der Waals surface area contributed by atoms with Gasteiger partial charge in [0.1, 0.15) is 5.75 Å². The predicted molar refractivity (Wildman–Crippen MR) is 125 cm³/mol. The van der Waals surface area contributed by atoms with Gasteiger partial charge in [0.25, 0.3) is 0 Å². The normalized spacial score (nSPS) is 10.6. The van der Waals surface area contributed by atoms with E-state index in [0.717, 1.165) is 10.0 Å². The number of methoxy groups -OCH3 is 3. The van der Waals surface area contributed by atoms with Gasteiger partial charge in [-0.25, -0.2) is 4.79 Å². The molecule has 6 nitrogen and oxygen atoms in total. The number of carbonyl (C=O) groups is 2. The third-order valence-corrected chi connectivity index (χ3v) is 5.08. The molecule has 0 spiro atoms. The van der Waals surface area contributed by atoms with E-state index >= 15 is 0 Å². The molecule has 0 aliphatic carbocycles. The van der Waals surface area contributed by atoms with Crippen molar-refractivity contribution in [3.05, 3.63) is 87.9 Å². The molecule has 7 heteroatoms. The SMILES string of the molecule is COc1cc(C(=O)Oc2ccc(C=CC(=O)c3ccc(Br)cc3)cc2)cc(OC)c1OC. The second-order valence-electron chi connectivity index (χ2n) is 6.58. The maximum absolute atomic E-state index is 12.6. The minimum absolute atomic E-state index is 0.101. The van der Waals surface area contributed by atoms with Crippen molar-refractivity contribution in [2.75, 3.05) is 21.3 Å². The highest BCUT2D eigenvalue weighted by atomic mass is 79.9. The van der Waals surface area contributed by atoms with Crippen LogP contribution in [-0.2, 0) is 0 Å². The van der Waals surface area contributed by atoms with Gasteiger partial charge in [-0.05, 0) is 60.2 Å². The molecule has 0 fully saturated rings. The summed E-state index contributed by atoms with van der Waals surface area (Å²) in [5, 5.41) is 0. The molecular weight excluding hydrogens is 476 g/mol. The highest BCUT2D eigenvalue weighted by Gasteiger charge is 2.18. The number of carbonyl (C=O) groups excluding carboxylic acids is 2. The van der Waals surface area contributed by atoms with E-state index in [9.17, 15) is 9.59 Å². The molecule has 0 saturated heterocycles. The molecule has 3 rings (SSSR count). The number of esters is 1. The van der Waals surface area contributed by atoms with Crippen molar-refractivity contribution in [3.8, 4) is 23.0 Å². The molecule has 3 aromatic rings. The fourth-order valence-corrected chi connectivity index (χ4v) is 3.16. The topological polar surface area (TPSA) is 71.1 Å². The molecular formula is C25H21BrO6. The van der Waals surface area contributed by atoms with Gasteiger partial charge in [-0.2, -0.15) is 0 Å². The molecule has 0 unspecified atom stereocenters. The summed E-state index contributed by atoms with van der Waals surface area (Å²) < 4.78 is 22.2. The van der Waals surface area contributed by atoms with Gasteiger partial charge in [0.15, 0.2) is 17.3 Å². The molecule has 0 bridgehead atoms. The van der Waals surface area contributed by atoms with Gasteiger partial charge < -0.3 is 18.9 Å². The summed E-state index contributed by atoms with van der Waals surface area (Å²) in [5.74, 6) is 0.790. The molecule has 164 valence electrons. The number of ketones is 1. The molecule has 0 amide bonds. The Morgan fingerprint density at radius 3 is 1.91 bits per heavy atom. The number of halogens is 1. The summed E-state index contributed by atoms with van der Waals surface area (Å²) in [6.45, 7) is 0. The van der Waals surface area contributed by atoms with Crippen molar-refractivity contribution in [3.63, 3.8) is 0 Å². The van der Waals surface area contributed by atoms with Crippen LogP contribution in [0.5, 0.6) is 23.0 Å². The summed E-state index contributed by atoms with van der Waals surface area (Å²) in [7, 11) is 4.43. The molecule has 3 aromatic carbocycles. The summed E-state index contributed by atoms with van der Waals surface area (Å²) in [5.41, 5.74) is 1.65. The molecule has 0 atom stereocenters. The highest BCUT2D eigenvalue weighted by molar-refractivity contribution is 9.10. The first-order valence-electron chi connectivity index (χ1n) is 9.55. The van der Waals surface area contributed by atoms with Gasteiger partial charge in [0.05, 0.1) is 26.9 Å². The van der Waals surface area contributed by atoms with E-state index in [-0.39, 0.29) is 11.3 Å². The summed E-state index contributed by atoms with van der Waals surface area (Å²) >= 11 is 3.35. The number of rotatable bonds is 8. The quantitative estimate of drug-likeness (QED) is 0.175. The van der Waals surface area contributed by atoms with E-state index in [1.54, 1.807) is 42.5 Å². The molecule has 0 aliphatic rings. The van der Waals surface area contributed by atoms with Crippen LogP contribution in [0.25, 0.3) is 6.08 Å². The predicted octanol–water partition coefficient (Wildman–Crippen LogP) is 5.59. The maximum atomic E-state index is 12.6. The van der Waals surface area contributed by atoms with Crippen LogP contribution in [0.3, 0.4) is 0 Å². The molecule has 0 saturated carbocycles. The molecule has 0 heterocycles. The van der Waals surface area contributed by atoms with Crippen LogP contribution in [0.2, 0.25) is 0 Å². The number of hydrogen-bond donors (Lipinski definition) is 0. The lowest BCUT2D eigenvalue weighted by Gasteiger charge is -2.13. The average Bonchev–Trinajstić information content (AvgIpc) is 2.82. The average molecular weight is 497 g/mol. The minimum Gasteiger partial charge on any atom is -0.493 e. The van der Waals surface area contributed by atoms with Gasteiger partial charge in [0.2, 0.25) is 5.75 Å². The second-order valence-corrected chi connectivity index (χ2v) is 7.49. The van der Waals surface area contributed by atoms with Gasteiger partial charge in [0, 0.05) is 10.0 Å². The van der Waals surface area contributed by atoms with Gasteiger partial charge in [-0.1, -0.05) is 34.1 Å². The summed E-state index contributed by atoms with van der Waals surface area (Å²) in [6.07, 6.45) is 3.20. The fourth-order valence-electron chi connectivity index (χ4n) is 2.89. The van der Waals surface area contributed by atoms with Crippen LogP contribution < -0.4 is 18.9 Å². The minimum atomic E-state index is -0.571. The van der Waals surface area contributed by atoms with Gasteiger partial charge in [-0.3, -0.25) is 4.79 Å². The van der Waals surface area contributed by atoms with Crippen molar-refractivity contribution in [1.82, 2.24) is 0 Å². The first kappa shape index (κ1) is 23.1. The van der Waals surface area contributed by atoms with Crippen LogP contribution in [0.4, 0.5) is 0 Å². The van der Waals surface area contributed by atoms with E-state index < -0.39 is 5.97 Å². The lowest BCUT2D eigenvalue weighted by molar-refractivity contribution is 0.0733. The Kier molecular flexibility index (Phi) is 7.68. The maximum Gasteiger partial charge on any atom is 0.343 e. The first-order chi connectivity index (χ1) is 15.4. The van der Waals surface area contributed by atoms with Crippen LogP contribution in [-0.4, -0.2) is 33.1 Å². The number of hydrogen-bond acceptors (Lipinski definition) is 6. The van der Waals surface area contributed by atoms with E-state index in [1.807, 2.05) is 12.1 Å². The van der Waals surface area contributed by atoms with Crippen molar-refractivity contribution in [1.29, 1.82) is 0 Å². The smallest absolute Gasteiger partial charge is 0.343 e. The molecule has 0 aromatic heterocycles. The monoisotopic (exact) mass is 496 g/mol. The Morgan fingerprint density at radius 1 is 0.781 bits per heavy atom. The number of benzene rings is 3. The van der Waals surface area contributed by atoms with Crippen molar-refractivity contribution < 1.29 is 28.5 Å². The molecule has 0 aliphatic heterocycles. The Bertz CT molecular complexity index is 1110. The van der Waals surface area contributed by atoms with Crippen molar-refractivity contribution in [2.45, 2.75) is 0 Å². The Morgan fingerprint density at radius 2 is 1.38 bits per heavy atom. The fraction of sp³-hybridized carbons (Fsp3) is 0.120. The number of ether oxygens (including phenoxy) is 4. The van der Waals surface area contributed by atoms with Crippen LogP contribution >= 0.6 is 15.9 Å². The van der Waals surface area contributed by atoms with Crippen LogP contribution in [0, 0.1) is 0 Å². The number of allylic oxidation sites excluding steroid dienone is 1. The summed E-state index contributed by atoms with van der Waals surface area (Å²) in [4.78, 5) is 24.8. The third-order valence-electron chi connectivity index (χ3n) is 4.55. The molecule has 0 radical (unpaired) electrons.